The van der Waals surface area contributed by atoms with Gasteiger partial charge in [-0.15, -0.1) is 0 Å². The van der Waals surface area contributed by atoms with Crippen molar-refractivity contribution >= 4 is 15.9 Å². The van der Waals surface area contributed by atoms with Crippen LogP contribution in [0.2, 0.25) is 0 Å². The monoisotopic (exact) mass is 201 g/mol. The molecule has 1 N–H and O–H groups in total. The van der Waals surface area contributed by atoms with Gasteiger partial charge in [0.15, 0.2) is 0 Å². The van der Waals surface area contributed by atoms with E-state index in [-0.39, 0.29) is 5.75 Å². The molecule has 0 amide bonds. The first-order valence-electron chi connectivity index (χ1n) is 2.68. The average molecular weight is 202 g/mol. The topological polar surface area (TPSA) is 29.5 Å². The van der Waals surface area contributed by atoms with Crippen LogP contribution in [-0.2, 0) is 0 Å². The maximum Gasteiger partial charge on any atom is 0.131 e. The normalized spacial score (nSPS) is 9.40. The Hall–Kier alpha value is -0.700. The molecule has 0 spiro atoms. The Morgan fingerprint density at radius 2 is 2.30 bits per heavy atom. The van der Waals surface area contributed by atoms with Crippen molar-refractivity contribution < 1.29 is 9.84 Å². The van der Waals surface area contributed by atoms with E-state index in [1.807, 2.05) is 0 Å². The fourth-order valence-corrected chi connectivity index (χ4v) is 1.03. The van der Waals surface area contributed by atoms with E-state index in [0.29, 0.717) is 5.75 Å². The molecule has 0 aliphatic rings. The van der Waals surface area contributed by atoms with Gasteiger partial charge in [0, 0.05) is 4.47 Å². The van der Waals surface area contributed by atoms with Gasteiger partial charge in [-0.2, -0.15) is 0 Å². The highest BCUT2D eigenvalue weighted by molar-refractivity contribution is 9.10. The second-order valence-corrected chi connectivity index (χ2v) is 2.67. The van der Waals surface area contributed by atoms with Crippen LogP contribution in [0.1, 0.15) is 0 Å². The molecule has 10 heavy (non-hydrogen) atoms. The first kappa shape index (κ1) is 7.41. The van der Waals surface area contributed by atoms with Crippen molar-refractivity contribution in [3.05, 3.63) is 22.7 Å². The first-order chi connectivity index (χ1) is 4.72. The van der Waals surface area contributed by atoms with E-state index in [0.717, 1.165) is 4.47 Å². The van der Waals surface area contributed by atoms with Crippen LogP contribution in [0, 0.1) is 6.07 Å². The molecule has 53 valence electrons. The molecule has 0 unspecified atom stereocenters. The molecule has 0 aromatic heterocycles. The maximum atomic E-state index is 8.96. The molecule has 0 aliphatic heterocycles. The standard InChI is InChI=1S/C7H6BrO2/c1-10-7-3-5(8)2-6(9)4-7/h2-3,9H,1H3. The summed E-state index contributed by atoms with van der Waals surface area (Å²) in [7, 11) is 1.53. The minimum atomic E-state index is 0.0752. The number of benzene rings is 1. The zero-order chi connectivity index (χ0) is 7.56. The van der Waals surface area contributed by atoms with Crippen LogP contribution >= 0.6 is 15.9 Å². The summed E-state index contributed by atoms with van der Waals surface area (Å²) < 4.78 is 5.61. The summed E-state index contributed by atoms with van der Waals surface area (Å²) in [4.78, 5) is 0. The Morgan fingerprint density at radius 1 is 1.60 bits per heavy atom. The van der Waals surface area contributed by atoms with Gasteiger partial charge in [0.2, 0.25) is 0 Å². The second kappa shape index (κ2) is 2.92. The Morgan fingerprint density at radius 3 is 2.80 bits per heavy atom. The van der Waals surface area contributed by atoms with Crippen molar-refractivity contribution in [3.63, 3.8) is 0 Å². The SMILES string of the molecule is COc1[c]c(O)cc(Br)c1. The van der Waals surface area contributed by atoms with E-state index < -0.39 is 0 Å². The van der Waals surface area contributed by atoms with Crippen molar-refractivity contribution in [2.24, 2.45) is 0 Å². The van der Waals surface area contributed by atoms with Gasteiger partial charge in [-0.3, -0.25) is 0 Å². The van der Waals surface area contributed by atoms with Gasteiger partial charge in [0.05, 0.1) is 13.2 Å². The molecule has 2 nitrogen and oxygen atoms in total. The Kier molecular flexibility index (Phi) is 2.17. The quantitative estimate of drug-likeness (QED) is 0.754. The number of rotatable bonds is 1. The minimum Gasteiger partial charge on any atom is -0.507 e. The van der Waals surface area contributed by atoms with Crippen LogP contribution in [0.3, 0.4) is 0 Å². The predicted molar refractivity (Wildman–Crippen MR) is 41.2 cm³/mol. The number of hydrogen-bond donors (Lipinski definition) is 1. The van der Waals surface area contributed by atoms with Gasteiger partial charge in [0.1, 0.15) is 11.5 Å². The summed E-state index contributed by atoms with van der Waals surface area (Å²) in [5.74, 6) is 0.595. The Labute approximate surface area is 67.6 Å². The summed E-state index contributed by atoms with van der Waals surface area (Å²) in [5.41, 5.74) is 0. The minimum absolute atomic E-state index is 0.0752. The summed E-state index contributed by atoms with van der Waals surface area (Å²) in [5, 5.41) is 8.96. The average Bonchev–Trinajstić information content (AvgIpc) is 1.85. The third-order valence-corrected chi connectivity index (χ3v) is 1.47. The van der Waals surface area contributed by atoms with Crippen LogP contribution in [-0.4, -0.2) is 12.2 Å². The van der Waals surface area contributed by atoms with Gasteiger partial charge < -0.3 is 9.84 Å². The van der Waals surface area contributed by atoms with Crippen LogP contribution in [0.25, 0.3) is 0 Å². The zero-order valence-electron chi connectivity index (χ0n) is 5.39. The summed E-state index contributed by atoms with van der Waals surface area (Å²) in [6.45, 7) is 0. The molecule has 0 bridgehead atoms. The fourth-order valence-electron chi connectivity index (χ4n) is 0.606. The fraction of sp³-hybridized carbons (Fsp3) is 0.143. The van der Waals surface area contributed by atoms with Crippen LogP contribution in [0.4, 0.5) is 0 Å². The predicted octanol–water partition coefficient (Wildman–Crippen LogP) is 1.96. The molecule has 0 saturated heterocycles. The van der Waals surface area contributed by atoms with Crippen molar-refractivity contribution in [2.75, 3.05) is 7.11 Å². The lowest BCUT2D eigenvalue weighted by Gasteiger charge is -1.99. The molecule has 0 fully saturated rings. The van der Waals surface area contributed by atoms with Crippen molar-refractivity contribution in [1.82, 2.24) is 0 Å². The van der Waals surface area contributed by atoms with Crippen LogP contribution in [0.15, 0.2) is 16.6 Å². The highest BCUT2D eigenvalue weighted by Crippen LogP contribution is 2.23. The molecule has 1 radical (unpaired) electrons. The van der Waals surface area contributed by atoms with Gasteiger partial charge in [-0.05, 0) is 12.1 Å². The molecule has 0 atom stereocenters. The third kappa shape index (κ3) is 1.64. The van der Waals surface area contributed by atoms with E-state index >= 15 is 0 Å². The van der Waals surface area contributed by atoms with Crippen molar-refractivity contribution in [2.45, 2.75) is 0 Å². The molecule has 1 aromatic carbocycles. The van der Waals surface area contributed by atoms with Crippen LogP contribution < -0.4 is 4.74 Å². The highest BCUT2D eigenvalue weighted by Gasteiger charge is 1.96. The highest BCUT2D eigenvalue weighted by atomic mass is 79.9. The van der Waals surface area contributed by atoms with Gasteiger partial charge in [-0.25, -0.2) is 0 Å². The lowest BCUT2D eigenvalue weighted by Crippen LogP contribution is -1.81. The van der Waals surface area contributed by atoms with Gasteiger partial charge in [-0.1, -0.05) is 15.9 Å². The van der Waals surface area contributed by atoms with E-state index in [1.54, 1.807) is 12.1 Å². The Balaban J connectivity index is 3.06. The number of aromatic hydroxyl groups is 1. The van der Waals surface area contributed by atoms with E-state index in [1.165, 1.54) is 7.11 Å². The zero-order valence-corrected chi connectivity index (χ0v) is 6.97. The molecule has 1 aromatic rings. The molecular weight excluding hydrogens is 196 g/mol. The molecule has 0 saturated carbocycles. The summed E-state index contributed by atoms with van der Waals surface area (Å²) in [6, 6.07) is 5.87. The number of methoxy groups -OCH3 is 1. The van der Waals surface area contributed by atoms with E-state index in [9.17, 15) is 0 Å². The lowest BCUT2D eigenvalue weighted by atomic mass is 10.3. The third-order valence-electron chi connectivity index (χ3n) is 1.01. The molecule has 1 rings (SSSR count). The van der Waals surface area contributed by atoms with Crippen molar-refractivity contribution in [1.29, 1.82) is 0 Å². The first-order valence-corrected chi connectivity index (χ1v) is 3.47. The molecule has 0 heterocycles. The Bertz CT molecular complexity index is 215. The van der Waals surface area contributed by atoms with Crippen LogP contribution in [0.5, 0.6) is 11.5 Å². The molecule has 3 heteroatoms. The number of phenolic OH excluding ortho intramolecular Hbond substituents is 1. The smallest absolute Gasteiger partial charge is 0.131 e. The van der Waals surface area contributed by atoms with E-state index in [2.05, 4.69) is 22.0 Å². The lowest BCUT2D eigenvalue weighted by molar-refractivity contribution is 0.406. The molecule has 0 aliphatic carbocycles. The maximum absolute atomic E-state index is 8.96. The van der Waals surface area contributed by atoms with E-state index in [4.69, 9.17) is 9.84 Å². The summed E-state index contributed by atoms with van der Waals surface area (Å²) >= 11 is 3.19. The van der Waals surface area contributed by atoms with Gasteiger partial charge in [0.25, 0.3) is 0 Å². The largest absolute Gasteiger partial charge is 0.507 e. The van der Waals surface area contributed by atoms with Gasteiger partial charge >= 0.3 is 0 Å². The molecular formula is C7H6BrO2. The number of phenols is 1. The second-order valence-electron chi connectivity index (χ2n) is 1.75. The summed E-state index contributed by atoms with van der Waals surface area (Å²) in [6.07, 6.45) is 0. The number of hydrogen-bond acceptors (Lipinski definition) is 2. The number of ether oxygens (including phenoxy) is 1. The van der Waals surface area contributed by atoms with Crippen molar-refractivity contribution in [3.8, 4) is 11.5 Å². The number of halogens is 1.